The summed E-state index contributed by atoms with van der Waals surface area (Å²) in [6.45, 7) is 3.58. The summed E-state index contributed by atoms with van der Waals surface area (Å²) in [6.07, 6.45) is -1.02. The predicted molar refractivity (Wildman–Crippen MR) is 126 cm³/mol. The Balaban J connectivity index is 1.64. The molecule has 0 unspecified atom stereocenters. The maximum Gasteiger partial charge on any atom is 0.264 e. The molecule has 0 spiro atoms. The number of nitrogens with zero attached hydrogens (tertiary/aromatic N) is 1. The molecule has 1 aliphatic rings. The summed E-state index contributed by atoms with van der Waals surface area (Å²) in [7, 11) is -2.32. The zero-order chi connectivity index (χ0) is 23.6. The zero-order valence-corrected chi connectivity index (χ0v) is 19.5. The Kier molecular flexibility index (Phi) is 6.29. The van der Waals surface area contributed by atoms with Crippen LogP contribution < -0.4 is 19.1 Å². The van der Waals surface area contributed by atoms with Gasteiger partial charge in [0.2, 0.25) is 0 Å². The van der Waals surface area contributed by atoms with Crippen LogP contribution in [0.1, 0.15) is 24.1 Å². The molecule has 1 aliphatic heterocycles. The molecule has 0 aromatic heterocycles. The van der Waals surface area contributed by atoms with Gasteiger partial charge in [0.25, 0.3) is 15.9 Å². The lowest BCUT2D eigenvalue weighted by Gasteiger charge is -2.35. The highest BCUT2D eigenvalue weighted by molar-refractivity contribution is 7.92. The highest BCUT2D eigenvalue weighted by atomic mass is 32.2. The van der Waals surface area contributed by atoms with Crippen molar-refractivity contribution in [3.05, 3.63) is 83.9 Å². The third kappa shape index (κ3) is 4.52. The van der Waals surface area contributed by atoms with Gasteiger partial charge < -0.3 is 14.8 Å². The summed E-state index contributed by atoms with van der Waals surface area (Å²) in [4.78, 5) is 13.3. The van der Waals surface area contributed by atoms with Gasteiger partial charge in [0.05, 0.1) is 30.3 Å². The second-order valence-electron chi connectivity index (χ2n) is 7.90. The van der Waals surface area contributed by atoms with Crippen molar-refractivity contribution < 1.29 is 22.7 Å². The number of sulfonamides is 1. The van der Waals surface area contributed by atoms with E-state index in [2.05, 4.69) is 5.32 Å². The molecule has 0 bridgehead atoms. The van der Waals surface area contributed by atoms with Crippen LogP contribution in [0.2, 0.25) is 0 Å². The molecule has 8 heteroatoms. The molecule has 1 amide bonds. The van der Waals surface area contributed by atoms with Gasteiger partial charge in [-0.3, -0.25) is 9.10 Å². The second kappa shape index (κ2) is 9.15. The number of aryl methyl sites for hydroxylation is 1. The van der Waals surface area contributed by atoms with E-state index < -0.39 is 22.0 Å². The number of para-hydroxylation sites is 1. The Hall–Kier alpha value is -3.52. The van der Waals surface area contributed by atoms with Gasteiger partial charge in [0, 0.05) is 5.56 Å². The highest BCUT2D eigenvalue weighted by Gasteiger charge is 2.38. The summed E-state index contributed by atoms with van der Waals surface area (Å²) in [6, 6.07) is 20.5. The van der Waals surface area contributed by atoms with Crippen LogP contribution in [0.4, 0.5) is 5.69 Å². The maximum atomic E-state index is 13.5. The fourth-order valence-electron chi connectivity index (χ4n) is 3.85. The number of carbonyl (C=O) groups excluding carboxylic acids is 1. The minimum absolute atomic E-state index is 0.141. The first-order valence-corrected chi connectivity index (χ1v) is 12.0. The smallest absolute Gasteiger partial charge is 0.264 e. The van der Waals surface area contributed by atoms with Gasteiger partial charge >= 0.3 is 0 Å². The van der Waals surface area contributed by atoms with Crippen LogP contribution in [-0.2, 0) is 14.8 Å². The van der Waals surface area contributed by atoms with E-state index in [1.54, 1.807) is 37.4 Å². The number of nitrogens with one attached hydrogen (secondary N) is 1. The number of rotatable bonds is 6. The Bertz CT molecular complexity index is 1260. The molecule has 0 fully saturated rings. The predicted octanol–water partition coefficient (Wildman–Crippen LogP) is 3.84. The van der Waals surface area contributed by atoms with Crippen LogP contribution in [0.5, 0.6) is 11.5 Å². The largest absolute Gasteiger partial charge is 0.496 e. The summed E-state index contributed by atoms with van der Waals surface area (Å²) >= 11 is 0. The van der Waals surface area contributed by atoms with Crippen molar-refractivity contribution in [2.45, 2.75) is 30.9 Å². The number of fused-ring (bicyclic) bond motifs is 1. The molecule has 0 saturated heterocycles. The fourth-order valence-corrected chi connectivity index (χ4v) is 5.35. The van der Waals surface area contributed by atoms with Crippen LogP contribution >= 0.6 is 0 Å². The number of carbonyl (C=O) groups is 1. The molecule has 3 aromatic rings. The summed E-state index contributed by atoms with van der Waals surface area (Å²) < 4.78 is 39.5. The summed E-state index contributed by atoms with van der Waals surface area (Å²) in [5.41, 5.74) is 2.12. The standard InChI is InChI=1S/C25H26N2O5S/c1-17-13-14-21-23(15-17)32-24(16-27(21)33(29,30)19-9-5-4-6-10-19)25(28)26-18(2)20-11-7-8-12-22(20)31-3/h4-15,18,24H,16H2,1-3H3,(H,26,28)/t18-,24+/m1/s1. The molecule has 1 heterocycles. The third-order valence-electron chi connectivity index (χ3n) is 5.57. The quantitative estimate of drug-likeness (QED) is 0.597. The van der Waals surface area contributed by atoms with E-state index in [0.29, 0.717) is 17.2 Å². The van der Waals surface area contributed by atoms with E-state index in [1.165, 1.54) is 16.4 Å². The third-order valence-corrected chi connectivity index (χ3v) is 7.37. The van der Waals surface area contributed by atoms with Gasteiger partial charge in [-0.15, -0.1) is 0 Å². The molecule has 0 aliphatic carbocycles. The van der Waals surface area contributed by atoms with Gasteiger partial charge in [-0.25, -0.2) is 8.42 Å². The average molecular weight is 467 g/mol. The Morgan fingerprint density at radius 2 is 1.79 bits per heavy atom. The van der Waals surface area contributed by atoms with E-state index in [4.69, 9.17) is 9.47 Å². The van der Waals surface area contributed by atoms with Gasteiger partial charge in [0.1, 0.15) is 11.5 Å². The summed E-state index contributed by atoms with van der Waals surface area (Å²) in [5.74, 6) is 0.601. The first-order chi connectivity index (χ1) is 15.8. The van der Waals surface area contributed by atoms with Gasteiger partial charge in [-0.05, 0) is 49.7 Å². The van der Waals surface area contributed by atoms with Crippen LogP contribution in [0, 0.1) is 6.92 Å². The number of benzene rings is 3. The molecule has 33 heavy (non-hydrogen) atoms. The van der Waals surface area contributed by atoms with Crippen molar-refractivity contribution >= 4 is 21.6 Å². The number of hydrogen-bond donors (Lipinski definition) is 1. The number of anilines is 1. The summed E-state index contributed by atoms with van der Waals surface area (Å²) in [5, 5.41) is 2.93. The SMILES string of the molecule is COc1ccccc1[C@@H](C)NC(=O)[C@@H]1CN(S(=O)(=O)c2ccccc2)c2ccc(C)cc2O1. The lowest BCUT2D eigenvalue weighted by molar-refractivity contribution is -0.128. The van der Waals surface area contributed by atoms with Crippen molar-refractivity contribution in [3.8, 4) is 11.5 Å². The number of methoxy groups -OCH3 is 1. The molecule has 1 N–H and O–H groups in total. The van der Waals surface area contributed by atoms with E-state index in [-0.39, 0.29) is 17.5 Å². The van der Waals surface area contributed by atoms with Crippen molar-refractivity contribution in [2.24, 2.45) is 0 Å². The second-order valence-corrected chi connectivity index (χ2v) is 9.76. The molecule has 7 nitrogen and oxygen atoms in total. The monoisotopic (exact) mass is 466 g/mol. The lowest BCUT2D eigenvalue weighted by atomic mass is 10.1. The molecule has 2 atom stereocenters. The fraction of sp³-hybridized carbons (Fsp3) is 0.240. The van der Waals surface area contributed by atoms with Gasteiger partial charge in [-0.2, -0.15) is 0 Å². The molecular weight excluding hydrogens is 440 g/mol. The zero-order valence-electron chi connectivity index (χ0n) is 18.7. The lowest BCUT2D eigenvalue weighted by Crippen LogP contribution is -2.51. The topological polar surface area (TPSA) is 84.9 Å². The van der Waals surface area contributed by atoms with Crippen LogP contribution in [-0.4, -0.2) is 34.1 Å². The first-order valence-electron chi connectivity index (χ1n) is 10.6. The van der Waals surface area contributed by atoms with E-state index in [9.17, 15) is 13.2 Å². The van der Waals surface area contributed by atoms with E-state index >= 15 is 0 Å². The van der Waals surface area contributed by atoms with E-state index in [0.717, 1.165) is 11.1 Å². The van der Waals surface area contributed by atoms with Crippen LogP contribution in [0.25, 0.3) is 0 Å². The number of amides is 1. The van der Waals surface area contributed by atoms with Crippen LogP contribution in [0.15, 0.2) is 77.7 Å². The molecule has 172 valence electrons. The van der Waals surface area contributed by atoms with Crippen molar-refractivity contribution in [1.82, 2.24) is 5.32 Å². The first kappa shape index (κ1) is 22.7. The maximum absolute atomic E-state index is 13.5. The molecule has 0 radical (unpaired) electrons. The van der Waals surface area contributed by atoms with Gasteiger partial charge in [-0.1, -0.05) is 42.5 Å². The Morgan fingerprint density at radius 1 is 1.09 bits per heavy atom. The normalized spacial score (nSPS) is 16.3. The molecular formula is C25H26N2O5S. The molecule has 4 rings (SSSR count). The Labute approximate surface area is 194 Å². The number of hydrogen-bond acceptors (Lipinski definition) is 5. The minimum Gasteiger partial charge on any atom is -0.496 e. The molecule has 3 aromatic carbocycles. The number of ether oxygens (including phenoxy) is 2. The average Bonchev–Trinajstić information content (AvgIpc) is 2.83. The minimum atomic E-state index is -3.89. The van der Waals surface area contributed by atoms with Crippen molar-refractivity contribution in [1.29, 1.82) is 0 Å². The van der Waals surface area contributed by atoms with E-state index in [1.807, 2.05) is 44.2 Å². The highest BCUT2D eigenvalue weighted by Crippen LogP contribution is 2.38. The van der Waals surface area contributed by atoms with Crippen LogP contribution in [0.3, 0.4) is 0 Å². The Morgan fingerprint density at radius 3 is 2.52 bits per heavy atom. The van der Waals surface area contributed by atoms with Crippen molar-refractivity contribution in [3.63, 3.8) is 0 Å². The van der Waals surface area contributed by atoms with Crippen molar-refractivity contribution in [2.75, 3.05) is 18.0 Å². The van der Waals surface area contributed by atoms with Gasteiger partial charge in [0.15, 0.2) is 6.10 Å². The molecule has 0 saturated carbocycles.